The molecule has 0 radical (unpaired) electrons. The molecule has 2 saturated heterocycles. The Morgan fingerprint density at radius 1 is 1.20 bits per heavy atom. The van der Waals surface area contributed by atoms with E-state index in [2.05, 4.69) is 24.0 Å². The van der Waals surface area contributed by atoms with Crippen LogP contribution in [-0.4, -0.2) is 58.1 Å². The van der Waals surface area contributed by atoms with E-state index < -0.39 is 0 Å². The summed E-state index contributed by atoms with van der Waals surface area (Å²) in [5, 5.41) is 0.828. The second kappa shape index (κ2) is 10.6. The fourth-order valence-electron chi connectivity index (χ4n) is 4.04. The molecule has 2 aromatic rings. The Morgan fingerprint density at radius 3 is 2.87 bits per heavy atom. The van der Waals surface area contributed by atoms with Crippen molar-refractivity contribution in [3.63, 3.8) is 0 Å². The maximum atomic E-state index is 12.8. The first-order valence-electron chi connectivity index (χ1n) is 10.7. The van der Waals surface area contributed by atoms with Crippen LogP contribution in [0.5, 0.6) is 0 Å². The molecule has 0 saturated carbocycles. The molecule has 1 aromatic carbocycles. The second-order valence-corrected chi connectivity index (χ2v) is 9.98. The average molecular weight is 444 g/mol. The third-order valence-corrected chi connectivity index (χ3v) is 7.67. The first-order valence-corrected chi connectivity index (χ1v) is 12.7. The smallest absolute Gasteiger partial charge is 0.232 e. The van der Waals surface area contributed by atoms with Crippen LogP contribution < -0.4 is 0 Å². The van der Waals surface area contributed by atoms with E-state index in [0.29, 0.717) is 11.9 Å². The number of thioether (sulfide) groups is 2. The van der Waals surface area contributed by atoms with Crippen molar-refractivity contribution >= 4 is 29.4 Å². The molecule has 2 aliphatic heterocycles. The van der Waals surface area contributed by atoms with Crippen LogP contribution in [0.3, 0.4) is 0 Å². The highest BCUT2D eigenvalue weighted by molar-refractivity contribution is 8.00. The Balaban J connectivity index is 1.36. The summed E-state index contributed by atoms with van der Waals surface area (Å²) < 4.78 is 5.72. The maximum absolute atomic E-state index is 12.8. The van der Waals surface area contributed by atoms with Crippen LogP contribution in [-0.2, 0) is 9.53 Å². The quantitative estimate of drug-likeness (QED) is 0.462. The Bertz CT molecular complexity index is 844. The number of ether oxygens (including phenoxy) is 1. The summed E-state index contributed by atoms with van der Waals surface area (Å²) in [7, 11) is 0. The lowest BCUT2D eigenvalue weighted by atomic mass is 9.92. The highest BCUT2D eigenvalue weighted by atomic mass is 32.2. The van der Waals surface area contributed by atoms with Crippen molar-refractivity contribution in [3.8, 4) is 0 Å². The van der Waals surface area contributed by atoms with E-state index >= 15 is 0 Å². The van der Waals surface area contributed by atoms with E-state index in [4.69, 9.17) is 9.72 Å². The van der Waals surface area contributed by atoms with Crippen molar-refractivity contribution in [1.29, 1.82) is 0 Å². The standard InChI is InChI=1S/C23H29N3O2S2/c1-17-13-24-23(30-15-19-8-6-12-28-19)25-22(17)18-7-5-11-26(14-18)21(27)16-29-20-9-3-2-4-10-20/h2-4,9-10,13,18-19H,5-8,11-12,14-16H2,1H3. The minimum absolute atomic E-state index is 0.216. The number of likely N-dealkylation sites (tertiary alicyclic amines) is 1. The molecule has 2 aliphatic rings. The number of hydrogen-bond donors (Lipinski definition) is 0. The predicted octanol–water partition coefficient (Wildman–Crippen LogP) is 4.55. The molecule has 0 aliphatic carbocycles. The number of aromatic nitrogens is 2. The summed E-state index contributed by atoms with van der Waals surface area (Å²) in [4.78, 5) is 25.4. The molecule has 1 amide bonds. The molecule has 4 rings (SSSR count). The van der Waals surface area contributed by atoms with Crippen molar-refractivity contribution in [1.82, 2.24) is 14.9 Å². The van der Waals surface area contributed by atoms with Crippen LogP contribution >= 0.6 is 23.5 Å². The fraction of sp³-hybridized carbons (Fsp3) is 0.522. The van der Waals surface area contributed by atoms with Gasteiger partial charge in [0.2, 0.25) is 5.91 Å². The van der Waals surface area contributed by atoms with Crippen molar-refractivity contribution in [2.24, 2.45) is 0 Å². The molecule has 2 atom stereocenters. The third-order valence-electron chi connectivity index (χ3n) is 5.68. The minimum Gasteiger partial charge on any atom is -0.377 e. The topological polar surface area (TPSA) is 55.3 Å². The van der Waals surface area contributed by atoms with Crippen molar-refractivity contribution in [2.75, 3.05) is 31.2 Å². The van der Waals surface area contributed by atoms with E-state index in [0.717, 1.165) is 72.4 Å². The van der Waals surface area contributed by atoms with Gasteiger partial charge in [0, 0.05) is 42.5 Å². The van der Waals surface area contributed by atoms with Crippen molar-refractivity contribution < 1.29 is 9.53 Å². The van der Waals surface area contributed by atoms with Gasteiger partial charge in [-0.05, 0) is 50.3 Å². The number of aryl methyl sites for hydroxylation is 1. The fourth-order valence-corrected chi connectivity index (χ4v) is 5.75. The van der Waals surface area contributed by atoms with Gasteiger partial charge in [0.25, 0.3) is 0 Å². The third kappa shape index (κ3) is 5.77. The van der Waals surface area contributed by atoms with E-state index in [1.165, 1.54) is 0 Å². The number of hydrogen-bond acceptors (Lipinski definition) is 6. The summed E-state index contributed by atoms with van der Waals surface area (Å²) in [6.07, 6.45) is 6.64. The van der Waals surface area contributed by atoms with E-state index in [1.807, 2.05) is 29.3 Å². The molecule has 1 aromatic heterocycles. The highest BCUT2D eigenvalue weighted by Gasteiger charge is 2.27. The molecule has 2 unspecified atom stereocenters. The number of amides is 1. The van der Waals surface area contributed by atoms with Gasteiger partial charge in [0.15, 0.2) is 5.16 Å². The number of carbonyl (C=O) groups is 1. The molecule has 0 bridgehead atoms. The largest absolute Gasteiger partial charge is 0.377 e. The Hall–Kier alpha value is -1.57. The zero-order valence-corrected chi connectivity index (χ0v) is 19.1. The predicted molar refractivity (Wildman–Crippen MR) is 122 cm³/mol. The Labute approximate surface area is 187 Å². The SMILES string of the molecule is Cc1cnc(SCC2CCCO2)nc1C1CCCN(C(=O)CSc2ccccc2)C1. The van der Waals surface area contributed by atoms with Gasteiger partial charge in [-0.15, -0.1) is 11.8 Å². The van der Waals surface area contributed by atoms with Crippen LogP contribution in [0.4, 0.5) is 0 Å². The average Bonchev–Trinajstić information content (AvgIpc) is 3.31. The van der Waals surface area contributed by atoms with Crippen LogP contribution in [0, 0.1) is 6.92 Å². The van der Waals surface area contributed by atoms with Crippen molar-refractivity contribution in [3.05, 3.63) is 47.8 Å². The summed E-state index contributed by atoms with van der Waals surface area (Å²) >= 11 is 3.30. The summed E-state index contributed by atoms with van der Waals surface area (Å²) in [6, 6.07) is 10.1. The van der Waals surface area contributed by atoms with Gasteiger partial charge in [-0.1, -0.05) is 30.0 Å². The maximum Gasteiger partial charge on any atom is 0.232 e. The van der Waals surface area contributed by atoms with Crippen LogP contribution in [0.2, 0.25) is 0 Å². The van der Waals surface area contributed by atoms with Gasteiger partial charge in [-0.3, -0.25) is 4.79 Å². The molecular formula is C23H29N3O2S2. The highest BCUT2D eigenvalue weighted by Crippen LogP contribution is 2.30. The second-order valence-electron chi connectivity index (χ2n) is 7.95. The number of piperidine rings is 1. The zero-order chi connectivity index (χ0) is 20.8. The number of benzene rings is 1. The van der Waals surface area contributed by atoms with E-state index in [1.54, 1.807) is 23.5 Å². The lowest BCUT2D eigenvalue weighted by Crippen LogP contribution is -2.40. The molecule has 30 heavy (non-hydrogen) atoms. The van der Waals surface area contributed by atoms with Crippen LogP contribution in [0.1, 0.15) is 42.9 Å². The molecule has 7 heteroatoms. The first-order chi connectivity index (χ1) is 14.7. The summed E-state index contributed by atoms with van der Waals surface area (Å²) in [6.45, 7) is 4.55. The lowest BCUT2D eigenvalue weighted by Gasteiger charge is -2.33. The molecule has 0 N–H and O–H groups in total. The van der Waals surface area contributed by atoms with Gasteiger partial charge in [0.1, 0.15) is 0 Å². The number of nitrogens with zero attached hydrogens (tertiary/aromatic N) is 3. The van der Waals surface area contributed by atoms with E-state index in [-0.39, 0.29) is 11.8 Å². The van der Waals surface area contributed by atoms with Gasteiger partial charge in [-0.2, -0.15) is 0 Å². The number of carbonyl (C=O) groups excluding carboxylic acids is 1. The summed E-state index contributed by atoms with van der Waals surface area (Å²) in [5.74, 6) is 1.90. The molecule has 0 spiro atoms. The van der Waals surface area contributed by atoms with Crippen molar-refractivity contribution in [2.45, 2.75) is 54.7 Å². The Morgan fingerprint density at radius 2 is 2.07 bits per heavy atom. The zero-order valence-electron chi connectivity index (χ0n) is 17.5. The molecule has 3 heterocycles. The van der Waals surface area contributed by atoms with Gasteiger partial charge < -0.3 is 9.64 Å². The van der Waals surface area contributed by atoms with E-state index in [9.17, 15) is 4.79 Å². The molecule has 5 nitrogen and oxygen atoms in total. The number of rotatable bonds is 7. The monoisotopic (exact) mass is 443 g/mol. The summed E-state index contributed by atoms with van der Waals surface area (Å²) in [5.41, 5.74) is 2.22. The van der Waals surface area contributed by atoms with Gasteiger partial charge in [-0.25, -0.2) is 9.97 Å². The first kappa shape index (κ1) is 21.7. The van der Waals surface area contributed by atoms with Crippen LogP contribution in [0.15, 0.2) is 46.6 Å². The molecule has 2 fully saturated rings. The molecule has 160 valence electrons. The van der Waals surface area contributed by atoms with Crippen LogP contribution in [0.25, 0.3) is 0 Å². The molecular weight excluding hydrogens is 414 g/mol. The normalized spacial score (nSPS) is 21.7. The Kier molecular flexibility index (Phi) is 7.68. The van der Waals surface area contributed by atoms with Gasteiger partial charge >= 0.3 is 0 Å². The van der Waals surface area contributed by atoms with Gasteiger partial charge in [0.05, 0.1) is 17.6 Å². The lowest BCUT2D eigenvalue weighted by molar-refractivity contribution is -0.129. The minimum atomic E-state index is 0.216.